The molecule has 0 aliphatic heterocycles. The molecule has 0 unspecified atom stereocenters. The maximum absolute atomic E-state index is 12.2. The van der Waals surface area contributed by atoms with E-state index in [1.165, 1.54) is 0 Å². The van der Waals surface area contributed by atoms with Gasteiger partial charge >= 0.3 is 0 Å². The molecule has 3 rings (SSSR count). The summed E-state index contributed by atoms with van der Waals surface area (Å²) >= 11 is 0. The van der Waals surface area contributed by atoms with E-state index >= 15 is 0 Å². The molecule has 0 amide bonds. The molecule has 0 saturated carbocycles. The summed E-state index contributed by atoms with van der Waals surface area (Å²) < 4.78 is 6.39. The molecule has 3 aromatic rings. The summed E-state index contributed by atoms with van der Waals surface area (Å²) in [7, 11) is -2.96. The third kappa shape index (κ3) is 4.07. The average molecular weight is 379 g/mol. The van der Waals surface area contributed by atoms with Crippen LogP contribution in [0.15, 0.2) is 91.0 Å². The molecular weight excluding hydrogens is 356 g/mol. The molecule has 3 aromatic carbocycles. The lowest BCUT2D eigenvalue weighted by atomic mass is 10.3. The molecule has 138 valence electrons. The molecule has 5 heteroatoms. The van der Waals surface area contributed by atoms with E-state index in [2.05, 4.69) is 0 Å². The van der Waals surface area contributed by atoms with Gasteiger partial charge in [0.25, 0.3) is 8.32 Å². The van der Waals surface area contributed by atoms with Gasteiger partial charge < -0.3 is 14.6 Å². The molecule has 4 nitrogen and oxygen atoms in total. The summed E-state index contributed by atoms with van der Waals surface area (Å²) in [5, 5.41) is 21.8. The lowest BCUT2D eigenvalue weighted by Crippen LogP contribution is -2.69. The van der Waals surface area contributed by atoms with E-state index in [9.17, 15) is 9.90 Å². The monoisotopic (exact) mass is 378 g/mol. The number of ketones is 1. The van der Waals surface area contributed by atoms with Gasteiger partial charge in [-0.05, 0) is 15.6 Å². The van der Waals surface area contributed by atoms with Crippen molar-refractivity contribution in [3.8, 4) is 0 Å². The second-order valence-corrected chi connectivity index (χ2v) is 9.62. The summed E-state index contributed by atoms with van der Waals surface area (Å²) in [4.78, 5) is 12.2. The number of benzene rings is 3. The van der Waals surface area contributed by atoms with Crippen molar-refractivity contribution in [3.63, 3.8) is 0 Å². The Morgan fingerprint density at radius 2 is 1.15 bits per heavy atom. The third-order valence-electron chi connectivity index (χ3n) is 4.52. The Morgan fingerprint density at radius 3 is 1.48 bits per heavy atom. The molecule has 0 fully saturated rings. The van der Waals surface area contributed by atoms with Crippen LogP contribution >= 0.6 is 0 Å². The van der Waals surface area contributed by atoms with Crippen molar-refractivity contribution in [2.45, 2.75) is 6.10 Å². The van der Waals surface area contributed by atoms with E-state index in [0.29, 0.717) is 0 Å². The van der Waals surface area contributed by atoms with Gasteiger partial charge in [0.05, 0.1) is 13.2 Å². The quantitative estimate of drug-likeness (QED) is 0.445. The van der Waals surface area contributed by atoms with Crippen molar-refractivity contribution in [1.29, 1.82) is 0 Å². The number of carbonyl (C=O) groups excluding carboxylic acids is 1. The lowest BCUT2D eigenvalue weighted by Gasteiger charge is -2.33. The van der Waals surface area contributed by atoms with Crippen molar-refractivity contribution >= 4 is 29.7 Å². The van der Waals surface area contributed by atoms with Crippen LogP contribution < -0.4 is 15.6 Å². The molecule has 0 aliphatic carbocycles. The second-order valence-electron chi connectivity index (χ2n) is 6.23. The average Bonchev–Trinajstić information content (AvgIpc) is 2.75. The molecular formula is C22H22O4Si. The maximum atomic E-state index is 12.2. The Kier molecular flexibility index (Phi) is 6.31. The lowest BCUT2D eigenvalue weighted by molar-refractivity contribution is -0.131. The largest absolute Gasteiger partial charge is 0.397 e. The minimum atomic E-state index is -2.96. The maximum Gasteiger partial charge on any atom is 0.288 e. The zero-order valence-electron chi connectivity index (χ0n) is 14.9. The molecule has 27 heavy (non-hydrogen) atoms. The zero-order valence-corrected chi connectivity index (χ0v) is 15.9. The predicted octanol–water partition coefficient (Wildman–Crippen LogP) is 0.592. The SMILES string of the molecule is O=C(CO[Si](c1ccccc1)(c1ccccc1)c1ccccc1)[C@@H](O)CO. The van der Waals surface area contributed by atoms with Crippen LogP contribution in [-0.4, -0.2) is 43.6 Å². The van der Waals surface area contributed by atoms with Crippen LogP contribution in [0.2, 0.25) is 0 Å². The Hall–Kier alpha value is -2.57. The van der Waals surface area contributed by atoms with Crippen LogP contribution in [0.25, 0.3) is 0 Å². The minimum absolute atomic E-state index is 0.271. The van der Waals surface area contributed by atoms with Gasteiger partial charge in [-0.25, -0.2) is 0 Å². The first-order valence-electron chi connectivity index (χ1n) is 8.80. The van der Waals surface area contributed by atoms with E-state index in [4.69, 9.17) is 9.53 Å². The van der Waals surface area contributed by atoms with Gasteiger partial charge in [0, 0.05) is 0 Å². The molecule has 0 heterocycles. The van der Waals surface area contributed by atoms with Crippen molar-refractivity contribution in [2.75, 3.05) is 13.2 Å². The van der Waals surface area contributed by atoms with Crippen LogP contribution in [0, 0.1) is 0 Å². The molecule has 2 N–H and O–H groups in total. The van der Waals surface area contributed by atoms with Crippen LogP contribution in [0.3, 0.4) is 0 Å². The van der Waals surface area contributed by atoms with Crippen LogP contribution in [0.4, 0.5) is 0 Å². The molecule has 1 atom stereocenters. The summed E-state index contributed by atoms with van der Waals surface area (Å²) in [5.74, 6) is -0.530. The number of hydrogen-bond acceptors (Lipinski definition) is 4. The van der Waals surface area contributed by atoms with Gasteiger partial charge in [-0.2, -0.15) is 0 Å². The number of rotatable bonds is 8. The standard InChI is InChI=1S/C22H22O4Si/c23-16-21(24)22(25)17-26-27(18-10-4-1-5-11-18,19-12-6-2-7-13-19)20-14-8-3-9-15-20/h1-15,21,23-24H,16-17H2/t21-/m0/s1. The Bertz CT molecular complexity index is 757. The highest BCUT2D eigenvalue weighted by molar-refractivity contribution is 7.07. The fraction of sp³-hybridized carbons (Fsp3) is 0.136. The Labute approximate surface area is 159 Å². The number of hydrogen-bond donors (Lipinski definition) is 2. The van der Waals surface area contributed by atoms with Gasteiger partial charge in [-0.1, -0.05) is 91.0 Å². The molecule has 0 bridgehead atoms. The number of Topliss-reactive ketones (excluding diaryl/α,β-unsaturated/α-hetero) is 1. The summed E-state index contributed by atoms with van der Waals surface area (Å²) in [5.41, 5.74) is 0. The second kappa shape index (κ2) is 8.88. The van der Waals surface area contributed by atoms with Gasteiger partial charge in [0.2, 0.25) is 0 Å². The fourth-order valence-electron chi connectivity index (χ4n) is 3.15. The van der Waals surface area contributed by atoms with Crippen molar-refractivity contribution in [3.05, 3.63) is 91.0 Å². The smallest absolute Gasteiger partial charge is 0.288 e. The van der Waals surface area contributed by atoms with Gasteiger partial charge in [0.15, 0.2) is 5.78 Å². The first-order valence-corrected chi connectivity index (χ1v) is 10.7. The van der Waals surface area contributed by atoms with Crippen LogP contribution in [0.5, 0.6) is 0 Å². The van der Waals surface area contributed by atoms with Gasteiger partial charge in [-0.15, -0.1) is 0 Å². The van der Waals surface area contributed by atoms with Crippen LogP contribution in [0.1, 0.15) is 0 Å². The first-order chi connectivity index (χ1) is 13.2. The summed E-state index contributed by atoms with van der Waals surface area (Å²) in [6, 6.07) is 29.6. The van der Waals surface area contributed by atoms with Crippen molar-refractivity contribution in [2.24, 2.45) is 0 Å². The summed E-state index contributed by atoms with van der Waals surface area (Å²) in [6.07, 6.45) is -1.43. The highest BCUT2D eigenvalue weighted by Gasteiger charge is 2.42. The molecule has 0 spiro atoms. The van der Waals surface area contributed by atoms with Crippen molar-refractivity contribution < 1.29 is 19.4 Å². The van der Waals surface area contributed by atoms with E-state index in [1.807, 2.05) is 91.0 Å². The first kappa shape index (κ1) is 19.2. The fourth-order valence-corrected chi connectivity index (χ4v) is 6.99. The number of aliphatic hydroxyl groups is 2. The third-order valence-corrected chi connectivity index (χ3v) is 8.53. The zero-order chi connectivity index (χ0) is 19.1. The van der Waals surface area contributed by atoms with Crippen LogP contribution in [-0.2, 0) is 9.22 Å². The minimum Gasteiger partial charge on any atom is -0.397 e. The Balaban J connectivity index is 2.15. The molecule has 0 saturated heterocycles. The normalized spacial score (nSPS) is 12.5. The summed E-state index contributed by atoms with van der Waals surface area (Å²) in [6.45, 7) is -0.884. The topological polar surface area (TPSA) is 66.8 Å². The van der Waals surface area contributed by atoms with E-state index in [0.717, 1.165) is 15.6 Å². The highest BCUT2D eigenvalue weighted by Crippen LogP contribution is 2.10. The van der Waals surface area contributed by atoms with Gasteiger partial charge in [-0.3, -0.25) is 4.79 Å². The predicted molar refractivity (Wildman–Crippen MR) is 108 cm³/mol. The molecule has 0 aromatic heterocycles. The molecule has 0 radical (unpaired) electrons. The Morgan fingerprint density at radius 1 is 0.778 bits per heavy atom. The highest BCUT2D eigenvalue weighted by atomic mass is 28.4. The van der Waals surface area contributed by atoms with Gasteiger partial charge in [0.1, 0.15) is 6.10 Å². The number of carbonyl (C=O) groups is 1. The number of aliphatic hydroxyl groups excluding tert-OH is 2. The van der Waals surface area contributed by atoms with E-state index in [-0.39, 0.29) is 6.61 Å². The molecule has 0 aliphatic rings. The van der Waals surface area contributed by atoms with E-state index < -0.39 is 26.8 Å². The van der Waals surface area contributed by atoms with E-state index in [1.54, 1.807) is 0 Å². The van der Waals surface area contributed by atoms with Crippen molar-refractivity contribution in [1.82, 2.24) is 0 Å².